The molecule has 7 heteroatoms. The van der Waals surface area contributed by atoms with E-state index in [9.17, 15) is 4.79 Å². The SMILES string of the molecule is CNCCNc1ccc2ncn3c4ccc(N)c(C=N)c4c(=O)c1c23. The molecule has 0 amide bonds. The number of fused-ring (bicyclic) bond motifs is 2. The van der Waals surface area contributed by atoms with Crippen molar-refractivity contribution in [3.8, 4) is 0 Å². The zero-order chi connectivity index (χ0) is 17.6. The summed E-state index contributed by atoms with van der Waals surface area (Å²) in [6, 6.07) is 7.31. The quantitative estimate of drug-likeness (QED) is 0.192. The van der Waals surface area contributed by atoms with Crippen LogP contribution in [0.4, 0.5) is 11.4 Å². The zero-order valence-electron chi connectivity index (χ0n) is 13.8. The van der Waals surface area contributed by atoms with Crippen LogP contribution >= 0.6 is 0 Å². The van der Waals surface area contributed by atoms with Crippen molar-refractivity contribution in [2.24, 2.45) is 0 Å². The van der Waals surface area contributed by atoms with E-state index in [0.29, 0.717) is 34.1 Å². The van der Waals surface area contributed by atoms with E-state index in [-0.39, 0.29) is 5.43 Å². The summed E-state index contributed by atoms with van der Waals surface area (Å²) < 4.78 is 1.90. The first-order valence-corrected chi connectivity index (χ1v) is 8.04. The predicted molar refractivity (Wildman–Crippen MR) is 102 cm³/mol. The van der Waals surface area contributed by atoms with E-state index >= 15 is 0 Å². The Hall–Kier alpha value is -3.19. The Bertz CT molecular complexity index is 1160. The van der Waals surface area contributed by atoms with Crippen molar-refractivity contribution in [2.45, 2.75) is 0 Å². The highest BCUT2D eigenvalue weighted by Crippen LogP contribution is 2.30. The normalized spacial score (nSPS) is 11.6. The fraction of sp³-hybridized carbons (Fsp3) is 0.167. The average Bonchev–Trinajstić information content (AvgIpc) is 3.04. The van der Waals surface area contributed by atoms with Crippen LogP contribution in [0.2, 0.25) is 0 Å². The first-order valence-electron chi connectivity index (χ1n) is 8.04. The van der Waals surface area contributed by atoms with Crippen LogP contribution < -0.4 is 21.8 Å². The highest BCUT2D eigenvalue weighted by Gasteiger charge is 2.18. The van der Waals surface area contributed by atoms with Gasteiger partial charge in [-0.2, -0.15) is 0 Å². The Balaban J connectivity index is 2.17. The first-order chi connectivity index (χ1) is 12.2. The third-order valence-electron chi connectivity index (χ3n) is 4.52. The summed E-state index contributed by atoms with van der Waals surface area (Å²) in [6.07, 6.45) is 2.85. The molecule has 0 aliphatic heterocycles. The lowest BCUT2D eigenvalue weighted by Crippen LogP contribution is -2.19. The minimum atomic E-state index is -0.133. The number of hydrogen-bond donors (Lipinski definition) is 4. The Labute approximate surface area is 143 Å². The molecule has 2 heterocycles. The van der Waals surface area contributed by atoms with Crippen molar-refractivity contribution in [1.82, 2.24) is 14.7 Å². The van der Waals surface area contributed by atoms with Gasteiger partial charge in [-0.25, -0.2) is 4.98 Å². The first kappa shape index (κ1) is 15.3. The molecule has 4 rings (SSSR count). The van der Waals surface area contributed by atoms with Crippen LogP contribution in [0.3, 0.4) is 0 Å². The molecule has 0 bridgehead atoms. The van der Waals surface area contributed by atoms with Crippen molar-refractivity contribution in [3.63, 3.8) is 0 Å². The van der Waals surface area contributed by atoms with Gasteiger partial charge < -0.3 is 21.8 Å². The molecule has 4 aromatic rings. The number of nitrogens with one attached hydrogen (secondary N) is 3. The van der Waals surface area contributed by atoms with E-state index in [1.165, 1.54) is 0 Å². The fourth-order valence-corrected chi connectivity index (χ4v) is 3.33. The molecular weight excluding hydrogens is 316 g/mol. The number of nitrogen functional groups attached to an aromatic ring is 1. The number of likely N-dealkylation sites (N-methyl/N-ethyl adjacent to an activating group) is 1. The van der Waals surface area contributed by atoms with Crippen molar-refractivity contribution in [1.29, 1.82) is 5.41 Å². The fourth-order valence-electron chi connectivity index (χ4n) is 3.33. The summed E-state index contributed by atoms with van der Waals surface area (Å²) in [5, 5.41) is 15.1. The van der Waals surface area contributed by atoms with Gasteiger partial charge in [0.25, 0.3) is 0 Å². The summed E-state index contributed by atoms with van der Waals surface area (Å²) in [5.41, 5.74) is 9.75. The van der Waals surface area contributed by atoms with Gasteiger partial charge in [0.1, 0.15) is 6.33 Å². The monoisotopic (exact) mass is 334 g/mol. The highest BCUT2D eigenvalue weighted by atomic mass is 16.1. The van der Waals surface area contributed by atoms with Crippen LogP contribution in [-0.4, -0.2) is 35.7 Å². The van der Waals surface area contributed by atoms with Crippen LogP contribution in [0.15, 0.2) is 35.4 Å². The number of nitrogens with two attached hydrogens (primary N) is 1. The molecule has 2 aromatic heterocycles. The number of nitrogens with zero attached hydrogens (tertiary/aromatic N) is 2. The van der Waals surface area contributed by atoms with E-state index in [4.69, 9.17) is 11.1 Å². The van der Waals surface area contributed by atoms with Crippen LogP contribution in [0, 0.1) is 5.41 Å². The van der Waals surface area contributed by atoms with E-state index in [1.807, 2.05) is 23.6 Å². The Morgan fingerprint density at radius 2 is 2.08 bits per heavy atom. The maximum atomic E-state index is 13.3. The smallest absolute Gasteiger partial charge is 0.200 e. The number of aromatic nitrogens is 2. The summed E-state index contributed by atoms with van der Waals surface area (Å²) in [7, 11) is 1.88. The Kier molecular flexibility index (Phi) is 3.51. The highest BCUT2D eigenvalue weighted by molar-refractivity contribution is 6.11. The zero-order valence-corrected chi connectivity index (χ0v) is 13.8. The molecule has 25 heavy (non-hydrogen) atoms. The van der Waals surface area contributed by atoms with Crippen LogP contribution in [0.25, 0.3) is 27.3 Å². The molecule has 0 atom stereocenters. The lowest BCUT2D eigenvalue weighted by Gasteiger charge is -2.13. The molecule has 7 nitrogen and oxygen atoms in total. The molecule has 0 saturated carbocycles. The van der Waals surface area contributed by atoms with Crippen molar-refractivity contribution < 1.29 is 0 Å². The molecule has 0 radical (unpaired) electrons. The average molecular weight is 334 g/mol. The van der Waals surface area contributed by atoms with Gasteiger partial charge in [-0.3, -0.25) is 9.20 Å². The number of rotatable bonds is 5. The lowest BCUT2D eigenvalue weighted by molar-refractivity contribution is 0.824. The van der Waals surface area contributed by atoms with Crippen LogP contribution in [0.1, 0.15) is 5.56 Å². The van der Waals surface area contributed by atoms with Crippen LogP contribution in [0.5, 0.6) is 0 Å². The maximum Gasteiger partial charge on any atom is 0.200 e. The van der Waals surface area contributed by atoms with Gasteiger partial charge in [0, 0.05) is 36.2 Å². The molecule has 0 spiro atoms. The minimum Gasteiger partial charge on any atom is -0.398 e. The standard InChI is InChI=1S/C18H18N6O/c1-21-6-7-22-12-3-4-13-17-16(12)18(25)15-10(8-19)11(20)2-5-14(15)24(17)9-23-13/h2-5,8-9,19,21-22H,6-7,20H2,1H3. The summed E-state index contributed by atoms with van der Waals surface area (Å²) in [4.78, 5) is 17.7. The number of anilines is 2. The van der Waals surface area contributed by atoms with Crippen LogP contribution in [-0.2, 0) is 0 Å². The molecular formula is C18H18N6O. The van der Waals surface area contributed by atoms with E-state index < -0.39 is 0 Å². The molecule has 0 saturated heterocycles. The second-order valence-electron chi connectivity index (χ2n) is 5.94. The number of hydrogen-bond acceptors (Lipinski definition) is 6. The largest absolute Gasteiger partial charge is 0.398 e. The number of benzene rings is 2. The van der Waals surface area contributed by atoms with E-state index in [1.54, 1.807) is 18.5 Å². The van der Waals surface area contributed by atoms with Crippen molar-refractivity contribution in [2.75, 3.05) is 31.2 Å². The summed E-state index contributed by atoms with van der Waals surface area (Å²) in [6.45, 7) is 1.47. The van der Waals surface area contributed by atoms with Crippen molar-refractivity contribution >= 4 is 44.9 Å². The van der Waals surface area contributed by atoms with E-state index in [2.05, 4.69) is 15.6 Å². The molecule has 0 aliphatic rings. The topological polar surface area (TPSA) is 108 Å². The third kappa shape index (κ3) is 2.13. The lowest BCUT2D eigenvalue weighted by atomic mass is 10.0. The number of imidazole rings is 1. The van der Waals surface area contributed by atoms with Crippen molar-refractivity contribution in [3.05, 3.63) is 46.4 Å². The molecule has 2 aromatic carbocycles. The second kappa shape index (κ2) is 5.71. The van der Waals surface area contributed by atoms with E-state index in [0.717, 1.165) is 29.5 Å². The van der Waals surface area contributed by atoms with Gasteiger partial charge in [0.2, 0.25) is 0 Å². The van der Waals surface area contributed by atoms with Gasteiger partial charge in [-0.15, -0.1) is 0 Å². The Morgan fingerprint density at radius 3 is 2.84 bits per heavy atom. The second-order valence-corrected chi connectivity index (χ2v) is 5.94. The number of pyridine rings is 1. The molecule has 0 unspecified atom stereocenters. The van der Waals surface area contributed by atoms with Gasteiger partial charge >= 0.3 is 0 Å². The third-order valence-corrected chi connectivity index (χ3v) is 4.52. The van der Waals surface area contributed by atoms with Gasteiger partial charge in [-0.1, -0.05) is 0 Å². The predicted octanol–water partition coefficient (Wildman–Crippen LogP) is 1.65. The molecule has 126 valence electrons. The summed E-state index contributed by atoms with van der Waals surface area (Å²) in [5.74, 6) is 0. The summed E-state index contributed by atoms with van der Waals surface area (Å²) >= 11 is 0. The molecule has 0 aliphatic carbocycles. The van der Waals surface area contributed by atoms with Gasteiger partial charge in [-0.05, 0) is 31.3 Å². The molecule has 0 fully saturated rings. The van der Waals surface area contributed by atoms with Gasteiger partial charge in [0.15, 0.2) is 5.43 Å². The minimum absolute atomic E-state index is 0.133. The molecule has 5 N–H and O–H groups in total. The van der Waals surface area contributed by atoms with Gasteiger partial charge in [0.05, 0.1) is 27.3 Å². The Morgan fingerprint density at radius 1 is 1.24 bits per heavy atom. The maximum absolute atomic E-state index is 13.3.